The van der Waals surface area contributed by atoms with Crippen LogP contribution in [0.3, 0.4) is 0 Å². The smallest absolute Gasteiger partial charge is 0.123 e. The van der Waals surface area contributed by atoms with E-state index in [0.29, 0.717) is 5.56 Å². The van der Waals surface area contributed by atoms with Crippen LogP contribution in [0.25, 0.3) is 0 Å². The molecule has 0 spiro atoms. The van der Waals surface area contributed by atoms with Crippen molar-refractivity contribution in [2.75, 3.05) is 7.11 Å². The van der Waals surface area contributed by atoms with Gasteiger partial charge in [-0.1, -0.05) is 18.2 Å². The number of methoxy groups -OCH3 is 1. The predicted octanol–water partition coefficient (Wildman–Crippen LogP) is 2.71. The monoisotopic (exact) mass is 229 g/mol. The number of aromatic hydroxyl groups is 2. The molecule has 1 radical (unpaired) electrons. The van der Waals surface area contributed by atoms with E-state index >= 15 is 0 Å². The summed E-state index contributed by atoms with van der Waals surface area (Å²) in [5.41, 5.74) is 1.61. The minimum Gasteiger partial charge on any atom is -0.508 e. The van der Waals surface area contributed by atoms with Crippen LogP contribution in [-0.2, 0) is 0 Å². The van der Waals surface area contributed by atoms with E-state index in [9.17, 15) is 10.2 Å². The van der Waals surface area contributed by atoms with Gasteiger partial charge in [0.2, 0.25) is 0 Å². The van der Waals surface area contributed by atoms with Crippen LogP contribution in [0.1, 0.15) is 11.1 Å². The number of ether oxygens (including phenoxy) is 1. The van der Waals surface area contributed by atoms with Crippen molar-refractivity contribution in [1.29, 1.82) is 0 Å². The molecule has 0 saturated heterocycles. The summed E-state index contributed by atoms with van der Waals surface area (Å²) < 4.78 is 5.06. The van der Waals surface area contributed by atoms with Crippen LogP contribution in [0, 0.1) is 6.42 Å². The fraction of sp³-hybridized carbons (Fsp3) is 0.0714. The van der Waals surface area contributed by atoms with E-state index in [-0.39, 0.29) is 11.5 Å². The third-order valence-electron chi connectivity index (χ3n) is 2.45. The van der Waals surface area contributed by atoms with Gasteiger partial charge in [0, 0.05) is 18.1 Å². The standard InChI is InChI=1S/C14H13O3/c1-17-13-6-2-10(3-7-13)8-11-4-5-12(15)9-14(11)16/h2-9,15-16H,1H3. The maximum absolute atomic E-state index is 9.64. The van der Waals surface area contributed by atoms with Crippen LogP contribution in [0.2, 0.25) is 0 Å². The van der Waals surface area contributed by atoms with Gasteiger partial charge in [0.15, 0.2) is 0 Å². The second-order valence-corrected chi connectivity index (χ2v) is 3.66. The molecular weight excluding hydrogens is 216 g/mol. The highest BCUT2D eigenvalue weighted by Gasteiger charge is 2.04. The molecule has 0 aliphatic carbocycles. The van der Waals surface area contributed by atoms with Crippen molar-refractivity contribution in [1.82, 2.24) is 0 Å². The van der Waals surface area contributed by atoms with Crippen LogP contribution >= 0.6 is 0 Å². The van der Waals surface area contributed by atoms with E-state index in [1.165, 1.54) is 12.1 Å². The quantitative estimate of drug-likeness (QED) is 0.850. The summed E-state index contributed by atoms with van der Waals surface area (Å²) in [6.45, 7) is 0. The molecule has 0 atom stereocenters. The van der Waals surface area contributed by atoms with E-state index < -0.39 is 0 Å². The van der Waals surface area contributed by atoms with E-state index in [2.05, 4.69) is 0 Å². The maximum Gasteiger partial charge on any atom is 0.123 e. The van der Waals surface area contributed by atoms with Crippen molar-refractivity contribution in [2.45, 2.75) is 0 Å². The van der Waals surface area contributed by atoms with Crippen molar-refractivity contribution in [3.8, 4) is 17.2 Å². The Morgan fingerprint density at radius 2 is 1.71 bits per heavy atom. The largest absolute Gasteiger partial charge is 0.508 e. The van der Waals surface area contributed by atoms with Crippen molar-refractivity contribution in [3.05, 3.63) is 60.0 Å². The van der Waals surface area contributed by atoms with E-state index in [1.54, 1.807) is 13.2 Å². The molecular formula is C14H13O3. The predicted molar refractivity (Wildman–Crippen MR) is 65.3 cm³/mol. The Kier molecular flexibility index (Phi) is 3.19. The Hall–Kier alpha value is -2.16. The zero-order valence-electron chi connectivity index (χ0n) is 9.42. The van der Waals surface area contributed by atoms with Gasteiger partial charge in [0.1, 0.15) is 17.2 Å². The van der Waals surface area contributed by atoms with Crippen molar-refractivity contribution >= 4 is 0 Å². The Morgan fingerprint density at radius 3 is 2.29 bits per heavy atom. The lowest BCUT2D eigenvalue weighted by Gasteiger charge is -2.06. The molecule has 0 aromatic heterocycles. The highest BCUT2D eigenvalue weighted by Crippen LogP contribution is 2.26. The van der Waals surface area contributed by atoms with Gasteiger partial charge in [-0.2, -0.15) is 0 Å². The lowest BCUT2D eigenvalue weighted by atomic mass is 10.0. The summed E-state index contributed by atoms with van der Waals surface area (Å²) in [6.07, 6.45) is 1.83. The van der Waals surface area contributed by atoms with E-state index in [4.69, 9.17) is 4.74 Å². The van der Waals surface area contributed by atoms with Gasteiger partial charge < -0.3 is 14.9 Å². The van der Waals surface area contributed by atoms with Gasteiger partial charge in [0.05, 0.1) is 7.11 Å². The van der Waals surface area contributed by atoms with Crippen LogP contribution in [0.15, 0.2) is 42.5 Å². The highest BCUT2D eigenvalue weighted by atomic mass is 16.5. The summed E-state index contributed by atoms with van der Waals surface area (Å²) in [5, 5.41) is 18.8. The summed E-state index contributed by atoms with van der Waals surface area (Å²) in [7, 11) is 1.62. The Bertz CT molecular complexity index is 503. The van der Waals surface area contributed by atoms with Crippen molar-refractivity contribution in [2.24, 2.45) is 0 Å². The molecule has 2 N–H and O–H groups in total. The molecule has 0 amide bonds. The minimum absolute atomic E-state index is 0.0504. The average Bonchev–Trinajstić information content (AvgIpc) is 2.34. The zero-order valence-corrected chi connectivity index (χ0v) is 9.42. The third kappa shape index (κ3) is 2.69. The molecule has 17 heavy (non-hydrogen) atoms. The first-order valence-corrected chi connectivity index (χ1v) is 5.20. The molecule has 0 heterocycles. The molecule has 2 aromatic rings. The Labute approximate surface area is 99.9 Å². The molecule has 87 valence electrons. The number of hydrogen-bond acceptors (Lipinski definition) is 3. The fourth-order valence-electron chi connectivity index (χ4n) is 1.53. The molecule has 0 aliphatic heterocycles. The van der Waals surface area contributed by atoms with Gasteiger partial charge >= 0.3 is 0 Å². The molecule has 0 aliphatic rings. The summed E-state index contributed by atoms with van der Waals surface area (Å²) in [6, 6.07) is 12.0. The molecule has 2 rings (SSSR count). The van der Waals surface area contributed by atoms with Crippen LogP contribution in [-0.4, -0.2) is 17.3 Å². The van der Waals surface area contributed by atoms with Crippen molar-refractivity contribution in [3.63, 3.8) is 0 Å². The molecule has 0 fully saturated rings. The van der Waals surface area contributed by atoms with E-state index in [0.717, 1.165) is 11.3 Å². The van der Waals surface area contributed by atoms with Gasteiger partial charge in [0.25, 0.3) is 0 Å². The first kappa shape index (κ1) is 11.3. The van der Waals surface area contributed by atoms with Gasteiger partial charge in [-0.05, 0) is 23.8 Å². The normalized spacial score (nSPS) is 10.2. The molecule has 2 aromatic carbocycles. The SMILES string of the molecule is COc1ccc([CH]c2ccc(O)cc2O)cc1. The lowest BCUT2D eigenvalue weighted by molar-refractivity contribution is 0.414. The zero-order chi connectivity index (χ0) is 12.3. The molecule has 3 nitrogen and oxygen atoms in total. The second kappa shape index (κ2) is 4.78. The minimum atomic E-state index is 0.0504. The fourth-order valence-corrected chi connectivity index (χ4v) is 1.53. The topological polar surface area (TPSA) is 49.7 Å². The van der Waals surface area contributed by atoms with Crippen LogP contribution in [0.4, 0.5) is 0 Å². The van der Waals surface area contributed by atoms with Gasteiger partial charge in [-0.15, -0.1) is 0 Å². The first-order chi connectivity index (χ1) is 8.19. The Balaban J connectivity index is 2.19. The van der Waals surface area contributed by atoms with Crippen LogP contribution < -0.4 is 4.74 Å². The number of phenols is 2. The summed E-state index contributed by atoms with van der Waals surface area (Å²) in [4.78, 5) is 0. The molecule has 0 bridgehead atoms. The first-order valence-electron chi connectivity index (χ1n) is 5.20. The average molecular weight is 229 g/mol. The Morgan fingerprint density at radius 1 is 1.00 bits per heavy atom. The number of benzene rings is 2. The van der Waals surface area contributed by atoms with Crippen LogP contribution in [0.5, 0.6) is 17.2 Å². The number of rotatable bonds is 3. The number of hydrogen-bond donors (Lipinski definition) is 2. The van der Waals surface area contributed by atoms with Gasteiger partial charge in [-0.3, -0.25) is 0 Å². The summed E-state index contributed by atoms with van der Waals surface area (Å²) >= 11 is 0. The molecule has 0 saturated carbocycles. The highest BCUT2D eigenvalue weighted by molar-refractivity contribution is 5.48. The lowest BCUT2D eigenvalue weighted by Crippen LogP contribution is -1.87. The number of phenolic OH excluding ortho intramolecular Hbond substituents is 2. The van der Waals surface area contributed by atoms with Crippen molar-refractivity contribution < 1.29 is 14.9 Å². The van der Waals surface area contributed by atoms with E-state index in [1.807, 2.05) is 30.7 Å². The maximum atomic E-state index is 9.64. The summed E-state index contributed by atoms with van der Waals surface area (Å²) in [5.74, 6) is 0.896. The van der Waals surface area contributed by atoms with Gasteiger partial charge in [-0.25, -0.2) is 0 Å². The molecule has 0 unspecified atom stereocenters. The second-order valence-electron chi connectivity index (χ2n) is 3.66. The third-order valence-corrected chi connectivity index (χ3v) is 2.45. The molecule has 3 heteroatoms.